The first-order valence-corrected chi connectivity index (χ1v) is 13.4. The lowest BCUT2D eigenvalue weighted by Gasteiger charge is -2.39. The number of hydrogen-bond donors (Lipinski definition) is 3. The van der Waals surface area contributed by atoms with Crippen LogP contribution in [0.2, 0.25) is 5.02 Å². The van der Waals surface area contributed by atoms with Gasteiger partial charge in [-0.25, -0.2) is 4.39 Å². The van der Waals surface area contributed by atoms with E-state index >= 15 is 0 Å². The van der Waals surface area contributed by atoms with E-state index in [4.69, 9.17) is 22.1 Å². The molecule has 41 heavy (non-hydrogen) atoms. The summed E-state index contributed by atoms with van der Waals surface area (Å²) < 4.78 is 63.3. The number of nitrogens with two attached hydrogens (primary N) is 1. The molecule has 2 aliphatic heterocycles. The number of anilines is 2. The molecule has 13 heteroatoms. The Morgan fingerprint density at radius 2 is 1.93 bits per heavy atom. The summed E-state index contributed by atoms with van der Waals surface area (Å²) in [4.78, 5) is 21.4. The van der Waals surface area contributed by atoms with E-state index in [0.29, 0.717) is 50.3 Å². The molecule has 4 N–H and O–H groups in total. The number of nitrogens with zero attached hydrogens (tertiary/aromatic N) is 3. The number of carbonyl (C=O) groups is 1. The van der Waals surface area contributed by atoms with E-state index in [2.05, 4.69) is 15.3 Å². The van der Waals surface area contributed by atoms with Gasteiger partial charge in [-0.05, 0) is 66.5 Å². The second-order valence-electron chi connectivity index (χ2n) is 10.6. The second kappa shape index (κ2) is 11.0. The molecule has 2 fully saturated rings. The second-order valence-corrected chi connectivity index (χ2v) is 11.1. The van der Waals surface area contributed by atoms with E-state index in [-0.39, 0.29) is 39.0 Å². The average Bonchev–Trinajstić information content (AvgIpc) is 3.32. The van der Waals surface area contributed by atoms with Crippen LogP contribution in [0.25, 0.3) is 11.1 Å². The fraction of sp³-hybridized carbons (Fsp3) is 0.393. The van der Waals surface area contributed by atoms with E-state index in [1.54, 1.807) is 6.92 Å². The SMILES string of the molecule is Cc1ccc(-c2cc(Cl)ccc2C(Oc2cc(N3CCC4(CC3)CN[C@H](C(=O)O)C4)nc(N)n2)C(F)(F)F)cc1F. The van der Waals surface area contributed by atoms with Crippen molar-refractivity contribution in [2.24, 2.45) is 5.41 Å². The third-order valence-electron chi connectivity index (χ3n) is 7.83. The van der Waals surface area contributed by atoms with Crippen molar-refractivity contribution in [1.29, 1.82) is 0 Å². The van der Waals surface area contributed by atoms with Gasteiger partial charge in [0.25, 0.3) is 0 Å². The van der Waals surface area contributed by atoms with Gasteiger partial charge in [0.1, 0.15) is 17.7 Å². The van der Waals surface area contributed by atoms with Crippen molar-refractivity contribution < 1.29 is 32.2 Å². The molecule has 0 aliphatic carbocycles. The lowest BCUT2D eigenvalue weighted by atomic mass is 9.76. The molecule has 2 atom stereocenters. The Morgan fingerprint density at radius 3 is 2.56 bits per heavy atom. The monoisotopic (exact) mass is 593 g/mol. The fourth-order valence-corrected chi connectivity index (χ4v) is 5.70. The highest BCUT2D eigenvalue weighted by molar-refractivity contribution is 6.30. The number of ether oxygens (including phenoxy) is 1. The maximum Gasteiger partial charge on any atom is 0.429 e. The first-order valence-electron chi connectivity index (χ1n) is 13.0. The summed E-state index contributed by atoms with van der Waals surface area (Å²) in [5.41, 5.74) is 6.06. The number of aromatic nitrogens is 2. The van der Waals surface area contributed by atoms with Crippen molar-refractivity contribution in [3.8, 4) is 17.0 Å². The highest BCUT2D eigenvalue weighted by Gasteiger charge is 2.46. The molecule has 2 aliphatic rings. The van der Waals surface area contributed by atoms with Crippen LogP contribution in [0.5, 0.6) is 5.88 Å². The first-order chi connectivity index (χ1) is 19.3. The molecule has 0 saturated carbocycles. The van der Waals surface area contributed by atoms with Gasteiger partial charge in [0.15, 0.2) is 0 Å². The largest absolute Gasteiger partial charge is 0.480 e. The Hall–Kier alpha value is -3.64. The lowest BCUT2D eigenvalue weighted by Crippen LogP contribution is -2.41. The molecule has 0 radical (unpaired) electrons. The maximum absolute atomic E-state index is 14.5. The smallest absolute Gasteiger partial charge is 0.429 e. The molecular weight excluding hydrogens is 566 g/mol. The number of nitrogens with one attached hydrogen (secondary N) is 1. The number of nitrogen functional groups attached to an aromatic ring is 1. The van der Waals surface area contributed by atoms with Gasteiger partial charge in [0.2, 0.25) is 17.9 Å². The van der Waals surface area contributed by atoms with Crippen LogP contribution in [-0.4, -0.2) is 52.9 Å². The van der Waals surface area contributed by atoms with Gasteiger partial charge >= 0.3 is 12.1 Å². The first kappa shape index (κ1) is 28.9. The van der Waals surface area contributed by atoms with Gasteiger partial charge in [-0.2, -0.15) is 23.1 Å². The van der Waals surface area contributed by atoms with Gasteiger partial charge in [0.05, 0.1) is 0 Å². The van der Waals surface area contributed by atoms with E-state index < -0.39 is 30.1 Å². The van der Waals surface area contributed by atoms with Gasteiger partial charge < -0.3 is 25.8 Å². The predicted molar refractivity (Wildman–Crippen MR) is 145 cm³/mol. The molecule has 2 saturated heterocycles. The van der Waals surface area contributed by atoms with Gasteiger partial charge in [0, 0.05) is 36.3 Å². The van der Waals surface area contributed by atoms with Gasteiger partial charge in [-0.3, -0.25) is 4.79 Å². The number of aryl methyl sites for hydroxylation is 1. The molecule has 0 bridgehead atoms. The van der Waals surface area contributed by atoms with E-state index in [1.165, 1.54) is 36.4 Å². The zero-order valence-corrected chi connectivity index (χ0v) is 22.8. The molecule has 8 nitrogen and oxygen atoms in total. The summed E-state index contributed by atoms with van der Waals surface area (Å²) >= 11 is 6.12. The summed E-state index contributed by atoms with van der Waals surface area (Å²) in [6.07, 6.45) is -5.48. The molecule has 2 aromatic carbocycles. The van der Waals surface area contributed by atoms with Crippen molar-refractivity contribution in [1.82, 2.24) is 15.3 Å². The Balaban J connectivity index is 1.42. The normalized spacial score (nSPS) is 19.4. The average molecular weight is 594 g/mol. The molecule has 1 aromatic heterocycles. The van der Waals surface area contributed by atoms with Crippen LogP contribution < -0.4 is 20.7 Å². The molecular formula is C28H28ClF4N5O3. The summed E-state index contributed by atoms with van der Waals surface area (Å²) in [7, 11) is 0. The van der Waals surface area contributed by atoms with E-state index in [1.807, 2.05) is 4.90 Å². The summed E-state index contributed by atoms with van der Waals surface area (Å²) in [5.74, 6) is -1.78. The minimum absolute atomic E-state index is 0.0622. The minimum atomic E-state index is -4.88. The highest BCUT2D eigenvalue weighted by Crippen LogP contribution is 2.43. The van der Waals surface area contributed by atoms with Crippen LogP contribution in [0, 0.1) is 18.2 Å². The highest BCUT2D eigenvalue weighted by atomic mass is 35.5. The number of aliphatic carboxylic acids is 1. The number of hydrogen-bond acceptors (Lipinski definition) is 7. The van der Waals surface area contributed by atoms with Crippen molar-refractivity contribution in [3.63, 3.8) is 0 Å². The molecule has 1 unspecified atom stereocenters. The van der Waals surface area contributed by atoms with Crippen molar-refractivity contribution in [3.05, 3.63) is 64.4 Å². The van der Waals surface area contributed by atoms with Gasteiger partial charge in [-0.15, -0.1) is 0 Å². The fourth-order valence-electron chi connectivity index (χ4n) is 5.53. The Kier molecular flexibility index (Phi) is 7.73. The maximum atomic E-state index is 14.5. The molecule has 218 valence electrons. The number of carboxylic acids is 1. The number of halogens is 5. The number of rotatable bonds is 6. The van der Waals surface area contributed by atoms with Gasteiger partial charge in [-0.1, -0.05) is 29.8 Å². The number of carboxylic acid groups (broad SMARTS) is 1. The Morgan fingerprint density at radius 1 is 1.20 bits per heavy atom. The molecule has 3 heterocycles. The standard InChI is InChI=1S/C28H28ClF4N5O3/c1-15-2-3-16(10-20(15)30)19-11-17(29)4-5-18(19)24(28(31,32)33)41-23-12-22(36-26(34)37-23)38-8-6-27(7-9-38)13-21(25(39)40)35-14-27/h2-5,10-12,21,24,35H,6-9,13-14H2,1H3,(H,39,40)(H2,34,36,37)/t21-,24?/m0/s1. The zero-order valence-electron chi connectivity index (χ0n) is 22.0. The molecule has 3 aromatic rings. The Labute approximate surface area is 238 Å². The third kappa shape index (κ3) is 6.18. The number of piperidine rings is 1. The van der Waals surface area contributed by atoms with Crippen molar-refractivity contribution in [2.45, 2.75) is 44.5 Å². The Bertz CT molecular complexity index is 1460. The molecule has 5 rings (SSSR count). The summed E-state index contributed by atoms with van der Waals surface area (Å²) in [5, 5.41) is 12.5. The number of alkyl halides is 3. The van der Waals surface area contributed by atoms with Crippen LogP contribution in [0.4, 0.5) is 29.3 Å². The van der Waals surface area contributed by atoms with Crippen LogP contribution in [0.3, 0.4) is 0 Å². The third-order valence-corrected chi connectivity index (χ3v) is 8.06. The van der Waals surface area contributed by atoms with Crippen molar-refractivity contribution >= 4 is 29.3 Å². The lowest BCUT2D eigenvalue weighted by molar-refractivity contribution is -0.198. The number of benzene rings is 2. The quantitative estimate of drug-likeness (QED) is 0.319. The summed E-state index contributed by atoms with van der Waals surface area (Å²) in [6.45, 7) is 3.15. The minimum Gasteiger partial charge on any atom is -0.480 e. The van der Waals surface area contributed by atoms with Crippen LogP contribution >= 0.6 is 11.6 Å². The van der Waals surface area contributed by atoms with Crippen LogP contribution in [-0.2, 0) is 4.79 Å². The molecule has 0 amide bonds. The van der Waals surface area contributed by atoms with E-state index in [0.717, 1.165) is 6.07 Å². The molecule has 1 spiro atoms. The van der Waals surface area contributed by atoms with E-state index in [9.17, 15) is 27.5 Å². The zero-order chi connectivity index (χ0) is 29.5. The van der Waals surface area contributed by atoms with Crippen molar-refractivity contribution in [2.75, 3.05) is 30.3 Å². The summed E-state index contributed by atoms with van der Waals surface area (Å²) in [6, 6.07) is 8.70. The topological polar surface area (TPSA) is 114 Å². The van der Waals surface area contributed by atoms with Crippen LogP contribution in [0.15, 0.2) is 42.5 Å². The van der Waals surface area contributed by atoms with Crippen LogP contribution in [0.1, 0.15) is 36.5 Å². The predicted octanol–water partition coefficient (Wildman–Crippen LogP) is 5.54.